The number of para-hydroxylation sites is 1. The Kier molecular flexibility index (Phi) is 7.56. The molecule has 34 heavy (non-hydrogen) atoms. The van der Waals surface area contributed by atoms with Crippen LogP contribution in [0.15, 0.2) is 71.3 Å². The molecule has 1 fully saturated rings. The van der Waals surface area contributed by atoms with Gasteiger partial charge in [0.1, 0.15) is 11.5 Å². The summed E-state index contributed by atoms with van der Waals surface area (Å²) in [6, 6.07) is 18.4. The lowest BCUT2D eigenvalue weighted by Gasteiger charge is -2.24. The molecular formula is C28H31NO5. The zero-order valence-corrected chi connectivity index (χ0v) is 19.2. The maximum atomic E-state index is 13.5. The van der Waals surface area contributed by atoms with E-state index in [1.54, 1.807) is 23.3 Å². The second kappa shape index (κ2) is 11.5. The molecular weight excluding hydrogens is 430 g/mol. The second-order valence-corrected chi connectivity index (χ2v) is 8.68. The van der Waals surface area contributed by atoms with E-state index in [-0.39, 0.29) is 12.3 Å². The van der Waals surface area contributed by atoms with Gasteiger partial charge in [-0.25, -0.2) is 0 Å². The third-order valence-electron chi connectivity index (χ3n) is 5.86. The van der Waals surface area contributed by atoms with E-state index < -0.39 is 12.5 Å². The first-order valence-electron chi connectivity index (χ1n) is 12.4. The summed E-state index contributed by atoms with van der Waals surface area (Å²) in [5, 5.41) is 8.76. The molecule has 0 bridgehead atoms. The van der Waals surface area contributed by atoms with Gasteiger partial charge in [0.05, 0.1) is 14.2 Å². The molecule has 6 nitrogen and oxygen atoms in total. The van der Waals surface area contributed by atoms with Crippen molar-refractivity contribution < 1.29 is 25.2 Å². The zero-order valence-electron chi connectivity index (χ0n) is 20.2. The number of unbranched alkanes of at least 4 members (excludes halogenated alkanes) is 2. The first-order chi connectivity index (χ1) is 17.0. The van der Waals surface area contributed by atoms with Crippen LogP contribution in [-0.4, -0.2) is 35.0 Å². The van der Waals surface area contributed by atoms with Gasteiger partial charge in [0.25, 0.3) is 5.91 Å². The number of ether oxygens (including phenoxy) is 1. The van der Waals surface area contributed by atoms with Gasteiger partial charge in [0, 0.05) is 36.2 Å². The molecule has 0 saturated heterocycles. The van der Waals surface area contributed by atoms with E-state index in [2.05, 4.69) is 0 Å². The lowest BCUT2D eigenvalue weighted by Crippen LogP contribution is -2.32. The summed E-state index contributed by atoms with van der Waals surface area (Å²) in [5.74, 6) is 0.797. The molecule has 178 valence electrons. The third-order valence-corrected chi connectivity index (χ3v) is 5.86. The summed E-state index contributed by atoms with van der Waals surface area (Å²) in [6.07, 6.45) is 6.03. The molecule has 1 aromatic heterocycles. The van der Waals surface area contributed by atoms with E-state index in [0.29, 0.717) is 42.4 Å². The Balaban J connectivity index is 1.45. The first-order valence-corrected chi connectivity index (χ1v) is 11.8. The van der Waals surface area contributed by atoms with Crippen molar-refractivity contribution in [3.05, 3.63) is 78.1 Å². The van der Waals surface area contributed by atoms with Gasteiger partial charge in [-0.05, 0) is 68.4 Å². The van der Waals surface area contributed by atoms with Crippen molar-refractivity contribution in [1.82, 2.24) is 4.90 Å². The molecule has 1 amide bonds. The molecule has 0 radical (unpaired) electrons. The number of hydrogen-bond donors (Lipinski definition) is 1. The van der Waals surface area contributed by atoms with Gasteiger partial charge in [-0.3, -0.25) is 9.59 Å². The quantitative estimate of drug-likeness (QED) is 0.314. The van der Waals surface area contributed by atoms with Crippen molar-refractivity contribution in [1.29, 1.82) is 0 Å². The lowest BCUT2D eigenvalue weighted by atomic mass is 10.1. The van der Waals surface area contributed by atoms with E-state index in [4.69, 9.17) is 15.6 Å². The van der Waals surface area contributed by atoms with Crippen molar-refractivity contribution in [2.75, 3.05) is 13.2 Å². The number of carboxylic acid groups (broad SMARTS) is 1. The van der Waals surface area contributed by atoms with Crippen LogP contribution in [0, 0.1) is 5.92 Å². The fraction of sp³-hybridized carbons (Fsp3) is 0.357. The van der Waals surface area contributed by atoms with E-state index in [1.165, 1.54) is 0 Å². The fourth-order valence-electron chi connectivity index (χ4n) is 3.78. The summed E-state index contributed by atoms with van der Waals surface area (Å²) in [7, 11) is 0. The average molecular weight is 463 g/mol. The topological polar surface area (TPSA) is 80.0 Å². The predicted molar refractivity (Wildman–Crippen MR) is 130 cm³/mol. The van der Waals surface area contributed by atoms with Crippen LogP contribution in [0.5, 0.6) is 5.75 Å². The Morgan fingerprint density at radius 2 is 1.82 bits per heavy atom. The largest absolute Gasteiger partial charge is 0.493 e. The number of carbonyl (C=O) groups excluding carboxylic acids is 1. The Labute approximate surface area is 201 Å². The maximum absolute atomic E-state index is 13.5. The Morgan fingerprint density at radius 1 is 1.03 bits per heavy atom. The van der Waals surface area contributed by atoms with Crippen molar-refractivity contribution in [2.45, 2.75) is 45.0 Å². The Hall–Kier alpha value is -3.54. The van der Waals surface area contributed by atoms with Crippen molar-refractivity contribution in [3.63, 3.8) is 0 Å². The SMILES string of the molecule is [2H]C(c1ccccc1OCCCCCC(=O)O)N(CC1CC1)C(=O)c1ccc(-c2ccco2)cc1. The summed E-state index contributed by atoms with van der Waals surface area (Å²) >= 11 is 0. The smallest absolute Gasteiger partial charge is 0.303 e. The minimum atomic E-state index is -0.893. The fourth-order valence-corrected chi connectivity index (χ4v) is 3.78. The van der Waals surface area contributed by atoms with Crippen LogP contribution in [0.2, 0.25) is 0 Å². The number of rotatable bonds is 13. The van der Waals surface area contributed by atoms with Crippen LogP contribution < -0.4 is 4.74 Å². The van der Waals surface area contributed by atoms with Crippen LogP contribution in [0.4, 0.5) is 0 Å². The Morgan fingerprint density at radius 3 is 2.53 bits per heavy atom. The average Bonchev–Trinajstić information content (AvgIpc) is 3.53. The van der Waals surface area contributed by atoms with Crippen molar-refractivity contribution >= 4 is 11.9 Å². The molecule has 0 spiro atoms. The number of furan rings is 1. The van der Waals surface area contributed by atoms with E-state index in [9.17, 15) is 9.59 Å². The van der Waals surface area contributed by atoms with Gasteiger partial charge in [0.15, 0.2) is 0 Å². The molecule has 1 saturated carbocycles. The molecule has 1 unspecified atom stereocenters. The number of nitrogens with zero attached hydrogens (tertiary/aromatic N) is 1. The van der Waals surface area contributed by atoms with Gasteiger partial charge >= 0.3 is 5.97 Å². The lowest BCUT2D eigenvalue weighted by molar-refractivity contribution is -0.137. The number of aliphatic carboxylic acids is 1. The normalized spacial score (nSPS) is 14.3. The Bertz CT molecular complexity index is 1110. The minimum Gasteiger partial charge on any atom is -0.493 e. The highest BCUT2D eigenvalue weighted by Crippen LogP contribution is 2.32. The molecule has 1 N–H and O–H groups in total. The van der Waals surface area contributed by atoms with Gasteiger partial charge in [-0.2, -0.15) is 0 Å². The van der Waals surface area contributed by atoms with E-state index in [1.807, 2.05) is 48.5 Å². The van der Waals surface area contributed by atoms with Crippen LogP contribution in [0.1, 0.15) is 55.8 Å². The van der Waals surface area contributed by atoms with Gasteiger partial charge in [0.2, 0.25) is 0 Å². The number of hydrogen-bond acceptors (Lipinski definition) is 4. The summed E-state index contributed by atoms with van der Waals surface area (Å²) < 4.78 is 20.4. The molecule has 1 aliphatic rings. The molecule has 2 aromatic carbocycles. The monoisotopic (exact) mass is 462 g/mol. The molecule has 1 aliphatic carbocycles. The molecule has 3 aromatic rings. The number of carbonyl (C=O) groups is 2. The zero-order chi connectivity index (χ0) is 24.6. The molecule has 1 atom stereocenters. The van der Waals surface area contributed by atoms with Crippen LogP contribution in [0.25, 0.3) is 11.3 Å². The molecule has 6 heteroatoms. The molecule has 0 aliphatic heterocycles. The minimum absolute atomic E-state index is 0.159. The summed E-state index contributed by atoms with van der Waals surface area (Å²) in [5.41, 5.74) is 2.08. The van der Waals surface area contributed by atoms with E-state index in [0.717, 1.165) is 37.0 Å². The summed E-state index contributed by atoms with van der Waals surface area (Å²) in [6.45, 7) is 0.0843. The number of carboxylic acids is 1. The second-order valence-electron chi connectivity index (χ2n) is 8.68. The van der Waals surface area contributed by atoms with Crippen molar-refractivity contribution in [2.24, 2.45) is 5.92 Å². The maximum Gasteiger partial charge on any atom is 0.303 e. The van der Waals surface area contributed by atoms with Gasteiger partial charge < -0.3 is 19.2 Å². The standard InChI is InChI=1S/C28H31NO5/c30-27(31)10-2-1-5-17-33-26-8-4-3-7-24(26)20-29(19-21-11-12-21)28(32)23-15-13-22(14-16-23)25-9-6-18-34-25/h3-4,6-9,13-16,18,21H,1-2,5,10-12,17,19-20H2,(H,30,31)/i20D. The highest BCUT2D eigenvalue weighted by atomic mass is 16.5. The third kappa shape index (κ3) is 6.73. The van der Waals surface area contributed by atoms with Gasteiger partial charge in [-0.15, -0.1) is 0 Å². The van der Waals surface area contributed by atoms with Crippen LogP contribution >= 0.6 is 0 Å². The van der Waals surface area contributed by atoms with Crippen molar-refractivity contribution in [3.8, 4) is 17.1 Å². The molecule has 4 rings (SSSR count). The highest BCUT2D eigenvalue weighted by Gasteiger charge is 2.28. The van der Waals surface area contributed by atoms with Crippen LogP contribution in [0.3, 0.4) is 0 Å². The number of benzene rings is 2. The van der Waals surface area contributed by atoms with Crippen LogP contribution in [-0.2, 0) is 11.3 Å². The highest BCUT2D eigenvalue weighted by molar-refractivity contribution is 5.94. The predicted octanol–water partition coefficient (Wildman–Crippen LogP) is 6.02. The first kappa shape index (κ1) is 22.3. The van der Waals surface area contributed by atoms with Gasteiger partial charge in [-0.1, -0.05) is 30.3 Å². The number of amides is 1. The van der Waals surface area contributed by atoms with E-state index >= 15 is 0 Å². The summed E-state index contributed by atoms with van der Waals surface area (Å²) in [4.78, 5) is 25.8. The molecule has 1 heterocycles.